The molecule has 1 aliphatic carbocycles. The predicted molar refractivity (Wildman–Crippen MR) is 43.2 cm³/mol. The summed E-state index contributed by atoms with van der Waals surface area (Å²) in [5.41, 5.74) is 0. The molecule has 0 amide bonds. The van der Waals surface area contributed by atoms with E-state index in [0.29, 0.717) is 0 Å². The first-order valence-corrected chi connectivity index (χ1v) is 4.20. The molecule has 2 heteroatoms. The topological polar surface area (TPSA) is 26.3 Å². The van der Waals surface area contributed by atoms with Gasteiger partial charge < -0.3 is 4.74 Å². The van der Waals surface area contributed by atoms with E-state index in [-0.39, 0.29) is 12.1 Å². The fourth-order valence-electron chi connectivity index (χ4n) is 0.736. The molecule has 0 bridgehead atoms. The van der Waals surface area contributed by atoms with E-state index in [9.17, 15) is 4.79 Å². The van der Waals surface area contributed by atoms with Gasteiger partial charge in [0.25, 0.3) is 0 Å². The van der Waals surface area contributed by atoms with E-state index in [2.05, 4.69) is 6.92 Å². The zero-order valence-corrected chi connectivity index (χ0v) is 6.88. The number of hydrogen-bond acceptors (Lipinski definition) is 2. The van der Waals surface area contributed by atoms with Gasteiger partial charge in [-0.2, -0.15) is 0 Å². The molecule has 1 fully saturated rings. The van der Waals surface area contributed by atoms with E-state index in [1.165, 1.54) is 6.08 Å². The van der Waals surface area contributed by atoms with E-state index >= 15 is 0 Å². The first-order chi connectivity index (χ1) is 5.33. The number of esters is 1. The van der Waals surface area contributed by atoms with Gasteiger partial charge in [-0.3, -0.25) is 0 Å². The standard InChI is InChI=1S/C9H14O2/c1-2-3-4-5-9(10)11-8-6-7-8/h4-5,8H,2-3,6-7H2,1H3. The average molecular weight is 154 g/mol. The fourth-order valence-corrected chi connectivity index (χ4v) is 0.736. The largest absolute Gasteiger partial charge is 0.459 e. The van der Waals surface area contributed by atoms with Crippen molar-refractivity contribution in [3.05, 3.63) is 12.2 Å². The van der Waals surface area contributed by atoms with E-state index in [0.717, 1.165) is 25.7 Å². The van der Waals surface area contributed by atoms with Crippen molar-refractivity contribution in [3.8, 4) is 0 Å². The van der Waals surface area contributed by atoms with Gasteiger partial charge in [0, 0.05) is 6.08 Å². The van der Waals surface area contributed by atoms with Crippen molar-refractivity contribution < 1.29 is 9.53 Å². The molecule has 0 aliphatic heterocycles. The molecule has 0 radical (unpaired) electrons. The van der Waals surface area contributed by atoms with Crippen LogP contribution in [0.25, 0.3) is 0 Å². The molecular weight excluding hydrogens is 140 g/mol. The third-order valence-corrected chi connectivity index (χ3v) is 1.52. The number of unbranched alkanes of at least 4 members (excludes halogenated alkanes) is 1. The molecule has 1 saturated carbocycles. The van der Waals surface area contributed by atoms with Crippen LogP contribution in [0.1, 0.15) is 32.6 Å². The van der Waals surface area contributed by atoms with Crippen molar-refractivity contribution in [2.75, 3.05) is 0 Å². The number of carbonyl (C=O) groups excluding carboxylic acids is 1. The molecule has 0 aromatic carbocycles. The van der Waals surface area contributed by atoms with Gasteiger partial charge in [0.2, 0.25) is 0 Å². The molecule has 0 N–H and O–H groups in total. The molecule has 11 heavy (non-hydrogen) atoms. The van der Waals surface area contributed by atoms with Gasteiger partial charge >= 0.3 is 5.97 Å². The van der Waals surface area contributed by atoms with Crippen LogP contribution in [0.15, 0.2) is 12.2 Å². The minimum Gasteiger partial charge on any atom is -0.459 e. The third-order valence-electron chi connectivity index (χ3n) is 1.52. The summed E-state index contributed by atoms with van der Waals surface area (Å²) in [5.74, 6) is -0.180. The first kappa shape index (κ1) is 8.31. The molecule has 0 spiro atoms. The van der Waals surface area contributed by atoms with Crippen molar-refractivity contribution >= 4 is 5.97 Å². The zero-order chi connectivity index (χ0) is 8.10. The SMILES string of the molecule is CCCC=CC(=O)OC1CC1. The van der Waals surface area contributed by atoms with E-state index in [1.54, 1.807) is 0 Å². The fraction of sp³-hybridized carbons (Fsp3) is 0.667. The second-order valence-electron chi connectivity index (χ2n) is 2.83. The summed E-state index contributed by atoms with van der Waals surface area (Å²) in [5, 5.41) is 0. The summed E-state index contributed by atoms with van der Waals surface area (Å²) in [7, 11) is 0. The zero-order valence-electron chi connectivity index (χ0n) is 6.88. The molecule has 1 aliphatic rings. The lowest BCUT2D eigenvalue weighted by molar-refractivity contribution is -0.138. The maximum atomic E-state index is 10.9. The van der Waals surface area contributed by atoms with Crippen molar-refractivity contribution in [2.24, 2.45) is 0 Å². The van der Waals surface area contributed by atoms with Gasteiger partial charge in [-0.05, 0) is 19.3 Å². The van der Waals surface area contributed by atoms with Crippen molar-refractivity contribution in [2.45, 2.75) is 38.7 Å². The molecule has 1 rings (SSSR count). The number of carbonyl (C=O) groups is 1. The van der Waals surface area contributed by atoms with Gasteiger partial charge in [0.1, 0.15) is 6.10 Å². The Morgan fingerprint density at radius 2 is 2.36 bits per heavy atom. The van der Waals surface area contributed by atoms with Crippen LogP contribution < -0.4 is 0 Å². The Hall–Kier alpha value is -0.790. The number of rotatable bonds is 4. The monoisotopic (exact) mass is 154 g/mol. The van der Waals surface area contributed by atoms with E-state index < -0.39 is 0 Å². The molecule has 0 saturated heterocycles. The van der Waals surface area contributed by atoms with E-state index in [4.69, 9.17) is 4.74 Å². The summed E-state index contributed by atoms with van der Waals surface area (Å²) in [6.45, 7) is 2.08. The minimum absolute atomic E-state index is 0.180. The summed E-state index contributed by atoms with van der Waals surface area (Å²) < 4.78 is 4.98. The third kappa shape index (κ3) is 3.81. The molecule has 0 heterocycles. The maximum absolute atomic E-state index is 10.9. The highest BCUT2D eigenvalue weighted by Gasteiger charge is 2.24. The van der Waals surface area contributed by atoms with Crippen LogP contribution in [0.5, 0.6) is 0 Å². The summed E-state index contributed by atoms with van der Waals surface area (Å²) in [6, 6.07) is 0. The van der Waals surface area contributed by atoms with Crippen LogP contribution in [0.3, 0.4) is 0 Å². The molecule has 0 unspecified atom stereocenters. The maximum Gasteiger partial charge on any atom is 0.330 e. The molecule has 2 nitrogen and oxygen atoms in total. The molecule has 62 valence electrons. The number of allylic oxidation sites excluding steroid dienone is 1. The van der Waals surface area contributed by atoms with Crippen molar-refractivity contribution in [3.63, 3.8) is 0 Å². The minimum atomic E-state index is -0.180. The number of ether oxygens (including phenoxy) is 1. The highest BCUT2D eigenvalue weighted by Crippen LogP contribution is 2.23. The molecule has 0 aromatic rings. The lowest BCUT2D eigenvalue weighted by Gasteiger charge is -1.95. The lowest BCUT2D eigenvalue weighted by Crippen LogP contribution is -2.01. The first-order valence-electron chi connectivity index (χ1n) is 4.20. The Kier molecular flexibility index (Phi) is 3.14. The van der Waals surface area contributed by atoms with Crippen LogP contribution in [0, 0.1) is 0 Å². The number of hydrogen-bond donors (Lipinski definition) is 0. The summed E-state index contributed by atoms with van der Waals surface area (Å²) in [6.07, 6.45) is 7.76. The van der Waals surface area contributed by atoms with Gasteiger partial charge in [0.15, 0.2) is 0 Å². The Bertz CT molecular complexity index is 157. The van der Waals surface area contributed by atoms with Gasteiger partial charge in [-0.1, -0.05) is 19.4 Å². The highest BCUT2D eigenvalue weighted by molar-refractivity contribution is 5.82. The summed E-state index contributed by atoms with van der Waals surface area (Å²) in [4.78, 5) is 10.9. The lowest BCUT2D eigenvalue weighted by atomic mass is 10.3. The van der Waals surface area contributed by atoms with Crippen molar-refractivity contribution in [1.29, 1.82) is 0 Å². The molecule has 0 atom stereocenters. The Morgan fingerprint density at radius 1 is 1.64 bits per heavy atom. The second kappa shape index (κ2) is 4.16. The van der Waals surface area contributed by atoms with Crippen molar-refractivity contribution in [1.82, 2.24) is 0 Å². The van der Waals surface area contributed by atoms with Gasteiger partial charge in [-0.25, -0.2) is 4.79 Å². The van der Waals surface area contributed by atoms with Gasteiger partial charge in [0.05, 0.1) is 0 Å². The Balaban J connectivity index is 2.08. The predicted octanol–water partition coefficient (Wildman–Crippen LogP) is 2.05. The van der Waals surface area contributed by atoms with Crippen LogP contribution in [0.2, 0.25) is 0 Å². The molecular formula is C9H14O2. The van der Waals surface area contributed by atoms with Crippen LogP contribution >= 0.6 is 0 Å². The quantitative estimate of drug-likeness (QED) is 0.457. The van der Waals surface area contributed by atoms with Crippen LogP contribution in [-0.2, 0) is 9.53 Å². The average Bonchev–Trinajstić information content (AvgIpc) is 2.72. The Morgan fingerprint density at radius 3 is 2.91 bits per heavy atom. The smallest absolute Gasteiger partial charge is 0.330 e. The molecule has 0 aromatic heterocycles. The normalized spacial score (nSPS) is 17.2. The van der Waals surface area contributed by atoms with Gasteiger partial charge in [-0.15, -0.1) is 0 Å². The summed E-state index contributed by atoms with van der Waals surface area (Å²) >= 11 is 0. The second-order valence-corrected chi connectivity index (χ2v) is 2.83. The highest BCUT2D eigenvalue weighted by atomic mass is 16.5. The van der Waals surface area contributed by atoms with E-state index in [1.807, 2.05) is 6.08 Å². The Labute approximate surface area is 67.2 Å². The van der Waals surface area contributed by atoms with Crippen LogP contribution in [0.4, 0.5) is 0 Å². The van der Waals surface area contributed by atoms with Crippen LogP contribution in [-0.4, -0.2) is 12.1 Å².